The lowest BCUT2D eigenvalue weighted by Gasteiger charge is -2.15. The molecule has 2 amide bonds. The van der Waals surface area contributed by atoms with Gasteiger partial charge in [0.15, 0.2) is 11.0 Å². The highest BCUT2D eigenvalue weighted by molar-refractivity contribution is 7.99. The molecule has 0 aliphatic rings. The number of anilines is 1. The molecular formula is C24H27N5O4S. The first-order chi connectivity index (χ1) is 16.3. The zero-order valence-corrected chi connectivity index (χ0v) is 20.3. The number of rotatable bonds is 9. The molecule has 178 valence electrons. The van der Waals surface area contributed by atoms with Crippen LogP contribution in [0.15, 0.2) is 53.7 Å². The molecule has 0 unspecified atom stereocenters. The van der Waals surface area contributed by atoms with E-state index in [2.05, 4.69) is 20.8 Å². The standard InChI is InChI=1S/C24H27N5O4S/c1-5-29-21(16(3)25-22(31)17-12-10-15(2)11-13-17)27-28-24(29)34-14-20(30)26-19-9-7-6-8-18(19)23(32)33-4/h6-13,16H,5,14H2,1-4H3,(H,25,31)(H,26,30)/t16-/m0/s1. The Hall–Kier alpha value is -3.66. The predicted octanol–water partition coefficient (Wildman–Crippen LogP) is 3.61. The zero-order valence-electron chi connectivity index (χ0n) is 19.5. The molecule has 9 nitrogen and oxygen atoms in total. The SMILES string of the molecule is CCn1c(SCC(=O)Nc2ccccc2C(=O)OC)nnc1[C@H](C)NC(=O)c1ccc(C)cc1. The van der Waals surface area contributed by atoms with Gasteiger partial charge in [0, 0.05) is 12.1 Å². The number of carbonyl (C=O) groups is 3. The van der Waals surface area contributed by atoms with Crippen molar-refractivity contribution >= 4 is 35.2 Å². The summed E-state index contributed by atoms with van der Waals surface area (Å²) in [7, 11) is 1.29. The molecule has 0 saturated heterocycles. The molecule has 2 N–H and O–H groups in total. The molecule has 0 saturated carbocycles. The van der Waals surface area contributed by atoms with Crippen molar-refractivity contribution in [3.8, 4) is 0 Å². The number of benzene rings is 2. The van der Waals surface area contributed by atoms with Crippen LogP contribution >= 0.6 is 11.8 Å². The van der Waals surface area contributed by atoms with Crippen molar-refractivity contribution in [2.24, 2.45) is 0 Å². The number of hydrogen-bond donors (Lipinski definition) is 2. The van der Waals surface area contributed by atoms with Crippen LogP contribution in [0, 0.1) is 6.92 Å². The third-order valence-electron chi connectivity index (χ3n) is 5.05. The van der Waals surface area contributed by atoms with Crippen molar-refractivity contribution in [1.82, 2.24) is 20.1 Å². The molecule has 10 heteroatoms. The van der Waals surface area contributed by atoms with E-state index in [1.165, 1.54) is 18.9 Å². The van der Waals surface area contributed by atoms with Gasteiger partial charge in [0.2, 0.25) is 5.91 Å². The number of methoxy groups -OCH3 is 1. The number of hydrogen-bond acceptors (Lipinski definition) is 7. The Morgan fingerprint density at radius 2 is 1.79 bits per heavy atom. The fourth-order valence-corrected chi connectivity index (χ4v) is 4.08. The fourth-order valence-electron chi connectivity index (χ4n) is 3.27. The number of aryl methyl sites for hydroxylation is 1. The first-order valence-electron chi connectivity index (χ1n) is 10.7. The van der Waals surface area contributed by atoms with E-state index in [9.17, 15) is 14.4 Å². The van der Waals surface area contributed by atoms with Gasteiger partial charge >= 0.3 is 5.97 Å². The smallest absolute Gasteiger partial charge is 0.339 e. The number of nitrogens with one attached hydrogen (secondary N) is 2. The quantitative estimate of drug-likeness (QED) is 0.354. The number of nitrogens with zero attached hydrogens (tertiary/aromatic N) is 3. The molecule has 0 radical (unpaired) electrons. The highest BCUT2D eigenvalue weighted by atomic mass is 32.2. The highest BCUT2D eigenvalue weighted by Gasteiger charge is 2.20. The number of para-hydroxylation sites is 1. The summed E-state index contributed by atoms with van der Waals surface area (Å²) < 4.78 is 6.62. The summed E-state index contributed by atoms with van der Waals surface area (Å²) in [5.41, 5.74) is 2.30. The number of carbonyl (C=O) groups excluding carboxylic acids is 3. The van der Waals surface area contributed by atoms with Crippen molar-refractivity contribution in [3.05, 3.63) is 71.0 Å². The maximum atomic E-state index is 12.6. The van der Waals surface area contributed by atoms with Gasteiger partial charge in [-0.15, -0.1) is 10.2 Å². The van der Waals surface area contributed by atoms with Crippen molar-refractivity contribution in [2.75, 3.05) is 18.2 Å². The second kappa shape index (κ2) is 11.5. The van der Waals surface area contributed by atoms with Crippen molar-refractivity contribution in [3.63, 3.8) is 0 Å². The van der Waals surface area contributed by atoms with Crippen LogP contribution in [0.5, 0.6) is 0 Å². The van der Waals surface area contributed by atoms with Gasteiger partial charge in [-0.3, -0.25) is 9.59 Å². The number of aromatic nitrogens is 3. The maximum Gasteiger partial charge on any atom is 0.339 e. The Morgan fingerprint density at radius 3 is 2.47 bits per heavy atom. The van der Waals surface area contributed by atoms with Crippen LogP contribution in [0.2, 0.25) is 0 Å². The molecular weight excluding hydrogens is 454 g/mol. The van der Waals surface area contributed by atoms with Crippen LogP contribution in [0.1, 0.15) is 52.0 Å². The fraction of sp³-hybridized carbons (Fsp3) is 0.292. The topological polar surface area (TPSA) is 115 Å². The summed E-state index contributed by atoms with van der Waals surface area (Å²) in [5.74, 6) is -0.356. The maximum absolute atomic E-state index is 12.6. The Balaban J connectivity index is 1.64. The van der Waals surface area contributed by atoms with E-state index in [0.717, 1.165) is 5.56 Å². The lowest BCUT2D eigenvalue weighted by molar-refractivity contribution is -0.113. The van der Waals surface area contributed by atoms with Gasteiger partial charge in [-0.2, -0.15) is 0 Å². The Morgan fingerprint density at radius 1 is 1.09 bits per heavy atom. The summed E-state index contributed by atoms with van der Waals surface area (Å²) in [5, 5.41) is 14.7. The molecule has 3 aromatic rings. The van der Waals surface area contributed by atoms with Gasteiger partial charge in [-0.25, -0.2) is 4.79 Å². The highest BCUT2D eigenvalue weighted by Crippen LogP contribution is 2.22. The summed E-state index contributed by atoms with van der Waals surface area (Å²) in [4.78, 5) is 37.0. The Bertz CT molecular complexity index is 1180. The monoisotopic (exact) mass is 481 g/mol. The van der Waals surface area contributed by atoms with Crippen LogP contribution in [0.4, 0.5) is 5.69 Å². The molecule has 34 heavy (non-hydrogen) atoms. The van der Waals surface area contributed by atoms with E-state index in [1.807, 2.05) is 37.5 Å². The van der Waals surface area contributed by atoms with Gasteiger partial charge < -0.3 is 19.9 Å². The molecule has 0 aliphatic heterocycles. The van der Waals surface area contributed by atoms with E-state index in [4.69, 9.17) is 4.74 Å². The predicted molar refractivity (Wildman–Crippen MR) is 130 cm³/mol. The minimum absolute atomic E-state index is 0.0672. The molecule has 2 aromatic carbocycles. The van der Waals surface area contributed by atoms with Crippen molar-refractivity contribution in [2.45, 2.75) is 38.5 Å². The van der Waals surface area contributed by atoms with E-state index >= 15 is 0 Å². The average Bonchev–Trinajstić information content (AvgIpc) is 3.26. The van der Waals surface area contributed by atoms with Crippen LogP contribution in [0.25, 0.3) is 0 Å². The van der Waals surface area contributed by atoms with E-state index in [-0.39, 0.29) is 29.2 Å². The first-order valence-corrected chi connectivity index (χ1v) is 11.7. The van der Waals surface area contributed by atoms with Crippen LogP contribution in [0.3, 0.4) is 0 Å². The second-order valence-corrected chi connectivity index (χ2v) is 8.46. The molecule has 1 atom stereocenters. The van der Waals surface area contributed by atoms with Gasteiger partial charge in [0.1, 0.15) is 0 Å². The third kappa shape index (κ3) is 6.02. The molecule has 0 fully saturated rings. The van der Waals surface area contributed by atoms with Crippen LogP contribution in [-0.4, -0.2) is 45.4 Å². The van der Waals surface area contributed by atoms with Crippen LogP contribution < -0.4 is 10.6 Å². The molecule has 1 heterocycles. The average molecular weight is 482 g/mol. The lowest BCUT2D eigenvalue weighted by atomic mass is 10.1. The zero-order chi connectivity index (χ0) is 24.7. The van der Waals surface area contributed by atoms with Crippen molar-refractivity contribution < 1.29 is 19.1 Å². The summed E-state index contributed by atoms with van der Waals surface area (Å²) >= 11 is 1.22. The lowest BCUT2D eigenvalue weighted by Crippen LogP contribution is -2.28. The largest absolute Gasteiger partial charge is 0.465 e. The number of thioether (sulfide) groups is 1. The molecule has 0 aliphatic carbocycles. The van der Waals surface area contributed by atoms with Crippen LogP contribution in [-0.2, 0) is 16.1 Å². The van der Waals surface area contributed by atoms with Gasteiger partial charge in [-0.05, 0) is 45.0 Å². The van der Waals surface area contributed by atoms with E-state index < -0.39 is 5.97 Å². The Kier molecular flexibility index (Phi) is 8.42. The third-order valence-corrected chi connectivity index (χ3v) is 6.02. The van der Waals surface area contributed by atoms with Gasteiger partial charge in [-0.1, -0.05) is 41.6 Å². The number of amides is 2. The minimum atomic E-state index is -0.527. The number of esters is 1. The molecule has 0 bridgehead atoms. The molecule has 3 rings (SSSR count). The second-order valence-electron chi connectivity index (χ2n) is 7.52. The minimum Gasteiger partial charge on any atom is -0.465 e. The molecule has 0 spiro atoms. The van der Waals surface area contributed by atoms with Crippen molar-refractivity contribution in [1.29, 1.82) is 0 Å². The Labute approximate surface area is 202 Å². The normalized spacial score (nSPS) is 11.5. The van der Waals surface area contributed by atoms with Gasteiger partial charge in [0.25, 0.3) is 5.91 Å². The molecule has 1 aromatic heterocycles. The number of ether oxygens (including phenoxy) is 1. The first kappa shape index (κ1) is 25.0. The van der Waals surface area contributed by atoms with E-state index in [0.29, 0.717) is 28.8 Å². The summed E-state index contributed by atoms with van der Waals surface area (Å²) in [6.45, 7) is 6.32. The van der Waals surface area contributed by atoms with E-state index in [1.54, 1.807) is 36.4 Å². The van der Waals surface area contributed by atoms with Gasteiger partial charge in [0.05, 0.1) is 30.2 Å². The summed E-state index contributed by atoms with van der Waals surface area (Å²) in [6.07, 6.45) is 0. The summed E-state index contributed by atoms with van der Waals surface area (Å²) in [6, 6.07) is 13.6.